The smallest absolute Gasteiger partial charge is 0.343 e. The summed E-state index contributed by atoms with van der Waals surface area (Å²) in [6.07, 6.45) is 7.34. The van der Waals surface area contributed by atoms with Crippen molar-refractivity contribution < 1.29 is 17.9 Å². The molecule has 1 fully saturated rings. The van der Waals surface area contributed by atoms with Crippen molar-refractivity contribution in [1.29, 1.82) is 0 Å². The zero-order valence-corrected chi connectivity index (χ0v) is 21.7. The monoisotopic (exact) mass is 557 g/mol. The number of sulfonamides is 1. The van der Waals surface area contributed by atoms with Gasteiger partial charge in [0.1, 0.15) is 11.5 Å². The van der Waals surface area contributed by atoms with E-state index in [1.807, 2.05) is 6.07 Å². The number of aromatic hydroxyl groups is 1. The lowest BCUT2D eigenvalue weighted by molar-refractivity contribution is 0.382. The largest absolute Gasteiger partial charge is 0.507 e. The van der Waals surface area contributed by atoms with Crippen LogP contribution >= 0.6 is 15.9 Å². The van der Waals surface area contributed by atoms with E-state index in [-0.39, 0.29) is 22.5 Å². The van der Waals surface area contributed by atoms with Crippen molar-refractivity contribution in [2.75, 3.05) is 4.72 Å². The summed E-state index contributed by atoms with van der Waals surface area (Å²) in [6, 6.07) is 13.5. The zero-order valence-electron chi connectivity index (χ0n) is 19.3. The molecule has 3 aromatic rings. The van der Waals surface area contributed by atoms with Crippen molar-refractivity contribution in [2.45, 2.75) is 62.2 Å². The number of anilines is 1. The van der Waals surface area contributed by atoms with Gasteiger partial charge in [-0.2, -0.15) is 0 Å². The molecule has 0 saturated heterocycles. The van der Waals surface area contributed by atoms with Crippen LogP contribution in [0.15, 0.2) is 67.1 Å². The molecular weight excluding hydrogens is 530 g/mol. The quantitative estimate of drug-likeness (QED) is 0.381. The number of aryl methyl sites for hydroxylation is 1. The van der Waals surface area contributed by atoms with Crippen LogP contribution in [0, 0.1) is 5.92 Å². The highest BCUT2D eigenvalue weighted by Crippen LogP contribution is 2.49. The Labute approximate surface area is 213 Å². The Morgan fingerprint density at radius 1 is 1.00 bits per heavy atom. The average Bonchev–Trinajstić information content (AvgIpc) is 3.63. The van der Waals surface area contributed by atoms with Crippen LogP contribution in [0.1, 0.15) is 66.9 Å². The van der Waals surface area contributed by atoms with Gasteiger partial charge in [-0.15, -0.1) is 0 Å². The third-order valence-electron chi connectivity index (χ3n) is 6.92. The Morgan fingerprint density at radius 2 is 1.71 bits per heavy atom. The number of rotatable bonds is 6. The van der Waals surface area contributed by atoms with Crippen molar-refractivity contribution in [3.8, 4) is 5.75 Å². The standard InChI is InChI=1S/C27H28BrNO5S/c28-19-12-14-21(15-13-19)35(32,33)29-20-7-5-6-18(16-20)24(17-10-11-17)25-26(30)22-8-3-1-2-4-9-23(22)34-27(25)31/h5-7,12-17,24,29-30H,1-4,8-11H2. The second-order valence-corrected chi connectivity index (χ2v) is 12.1. The predicted molar refractivity (Wildman–Crippen MR) is 138 cm³/mol. The third-order valence-corrected chi connectivity index (χ3v) is 8.85. The molecule has 2 aliphatic rings. The van der Waals surface area contributed by atoms with E-state index in [1.165, 1.54) is 12.1 Å². The van der Waals surface area contributed by atoms with Crippen molar-refractivity contribution in [3.05, 3.63) is 85.9 Å². The van der Waals surface area contributed by atoms with Gasteiger partial charge in [0.15, 0.2) is 0 Å². The summed E-state index contributed by atoms with van der Waals surface area (Å²) < 4.78 is 35.0. The molecular formula is C27H28BrNO5S. The molecule has 2 aromatic carbocycles. The van der Waals surface area contributed by atoms with E-state index < -0.39 is 15.6 Å². The number of benzene rings is 2. The lowest BCUT2D eigenvalue weighted by Gasteiger charge is -2.22. The molecule has 5 rings (SSSR count). The van der Waals surface area contributed by atoms with Crippen LogP contribution in [0.5, 0.6) is 5.75 Å². The lowest BCUT2D eigenvalue weighted by Crippen LogP contribution is -2.19. The number of fused-ring (bicyclic) bond motifs is 1. The van der Waals surface area contributed by atoms with E-state index in [0.29, 0.717) is 29.9 Å². The molecule has 184 valence electrons. The summed E-state index contributed by atoms with van der Waals surface area (Å²) >= 11 is 3.32. The summed E-state index contributed by atoms with van der Waals surface area (Å²) in [5.41, 5.74) is 1.78. The fraction of sp³-hybridized carbons (Fsp3) is 0.370. The maximum atomic E-state index is 13.1. The van der Waals surface area contributed by atoms with Crippen molar-refractivity contribution in [2.24, 2.45) is 5.92 Å². The molecule has 0 spiro atoms. The summed E-state index contributed by atoms with van der Waals surface area (Å²) in [4.78, 5) is 13.3. The van der Waals surface area contributed by atoms with Crippen molar-refractivity contribution >= 4 is 31.6 Å². The Hall–Kier alpha value is -2.58. The zero-order chi connectivity index (χ0) is 24.6. The van der Waals surface area contributed by atoms with E-state index in [2.05, 4.69) is 20.7 Å². The van der Waals surface area contributed by atoms with Gasteiger partial charge in [-0.3, -0.25) is 4.72 Å². The Bertz CT molecular complexity index is 1390. The first-order valence-electron chi connectivity index (χ1n) is 12.1. The van der Waals surface area contributed by atoms with Crippen LogP contribution < -0.4 is 10.3 Å². The predicted octanol–water partition coefficient (Wildman–Crippen LogP) is 6.11. The number of halogens is 1. The molecule has 1 heterocycles. The average molecular weight is 558 g/mol. The summed E-state index contributed by atoms with van der Waals surface area (Å²) in [6.45, 7) is 0. The molecule has 0 bridgehead atoms. The van der Waals surface area contributed by atoms with Gasteiger partial charge in [0.25, 0.3) is 10.0 Å². The first kappa shape index (κ1) is 24.1. The van der Waals surface area contributed by atoms with Gasteiger partial charge in [0.05, 0.1) is 10.5 Å². The van der Waals surface area contributed by atoms with E-state index >= 15 is 0 Å². The second kappa shape index (κ2) is 9.82. The molecule has 0 aliphatic heterocycles. The van der Waals surface area contributed by atoms with E-state index in [9.17, 15) is 18.3 Å². The van der Waals surface area contributed by atoms with Gasteiger partial charge in [0, 0.05) is 28.1 Å². The van der Waals surface area contributed by atoms with E-state index in [0.717, 1.165) is 54.1 Å². The Kier molecular flexibility index (Phi) is 6.77. The van der Waals surface area contributed by atoms with Gasteiger partial charge in [0.2, 0.25) is 0 Å². The SMILES string of the molecule is O=c1oc2c(c(O)c1C(c1cccc(NS(=O)(=O)c3ccc(Br)cc3)c1)C1CC1)CCCCCC2. The minimum absolute atomic E-state index is 0.0656. The molecule has 1 atom stereocenters. The van der Waals surface area contributed by atoms with Gasteiger partial charge in [-0.05, 0) is 80.0 Å². The van der Waals surface area contributed by atoms with Crippen LogP contribution in [0.25, 0.3) is 0 Å². The Balaban J connectivity index is 1.52. The summed E-state index contributed by atoms with van der Waals surface area (Å²) in [5, 5.41) is 11.3. The normalized spacial score (nSPS) is 17.2. The molecule has 2 aliphatic carbocycles. The van der Waals surface area contributed by atoms with Crippen molar-refractivity contribution in [3.63, 3.8) is 0 Å². The van der Waals surface area contributed by atoms with Crippen LogP contribution in [-0.2, 0) is 22.9 Å². The minimum Gasteiger partial charge on any atom is -0.507 e. The molecule has 1 saturated carbocycles. The van der Waals surface area contributed by atoms with Crippen molar-refractivity contribution in [1.82, 2.24) is 0 Å². The second-order valence-electron chi connectivity index (χ2n) is 9.47. The maximum Gasteiger partial charge on any atom is 0.343 e. The molecule has 35 heavy (non-hydrogen) atoms. The first-order valence-corrected chi connectivity index (χ1v) is 14.4. The highest BCUT2D eigenvalue weighted by Gasteiger charge is 2.38. The molecule has 0 amide bonds. The summed E-state index contributed by atoms with van der Waals surface area (Å²) in [7, 11) is -3.78. The van der Waals surface area contributed by atoms with E-state index in [1.54, 1.807) is 30.3 Å². The molecule has 8 heteroatoms. The molecule has 2 N–H and O–H groups in total. The minimum atomic E-state index is -3.78. The lowest BCUT2D eigenvalue weighted by atomic mass is 9.85. The van der Waals surface area contributed by atoms with Gasteiger partial charge in [-0.25, -0.2) is 13.2 Å². The van der Waals surface area contributed by atoms with Gasteiger partial charge in [-0.1, -0.05) is 40.9 Å². The number of hydrogen-bond donors (Lipinski definition) is 2. The van der Waals surface area contributed by atoms with E-state index in [4.69, 9.17) is 4.42 Å². The number of nitrogens with one attached hydrogen (secondary N) is 1. The molecule has 6 nitrogen and oxygen atoms in total. The maximum absolute atomic E-state index is 13.1. The highest BCUT2D eigenvalue weighted by atomic mass is 79.9. The first-order chi connectivity index (χ1) is 16.8. The van der Waals surface area contributed by atoms with Crippen LogP contribution in [0.4, 0.5) is 5.69 Å². The topological polar surface area (TPSA) is 96.6 Å². The van der Waals surface area contributed by atoms with Gasteiger partial charge >= 0.3 is 5.63 Å². The van der Waals surface area contributed by atoms with Crippen LogP contribution in [0.2, 0.25) is 0 Å². The molecule has 0 radical (unpaired) electrons. The molecule has 1 aromatic heterocycles. The molecule has 1 unspecified atom stereocenters. The van der Waals surface area contributed by atoms with Crippen LogP contribution in [0.3, 0.4) is 0 Å². The Morgan fingerprint density at radius 3 is 2.43 bits per heavy atom. The van der Waals surface area contributed by atoms with Crippen LogP contribution in [-0.4, -0.2) is 13.5 Å². The summed E-state index contributed by atoms with van der Waals surface area (Å²) in [5.74, 6) is 0.533. The third kappa shape index (κ3) is 5.19. The fourth-order valence-electron chi connectivity index (χ4n) is 5.02. The number of hydrogen-bond acceptors (Lipinski definition) is 5. The fourth-order valence-corrected chi connectivity index (χ4v) is 6.34. The van der Waals surface area contributed by atoms with Gasteiger partial charge < -0.3 is 9.52 Å². The highest BCUT2D eigenvalue weighted by molar-refractivity contribution is 9.10.